The van der Waals surface area contributed by atoms with Gasteiger partial charge < -0.3 is 19.6 Å². The first-order valence-electron chi connectivity index (χ1n) is 15.0. The van der Waals surface area contributed by atoms with Crippen LogP contribution in [0.3, 0.4) is 0 Å². The van der Waals surface area contributed by atoms with Gasteiger partial charge in [0.2, 0.25) is 0 Å². The van der Waals surface area contributed by atoms with Crippen molar-refractivity contribution in [2.75, 3.05) is 5.75 Å². The molecule has 3 fully saturated rings. The van der Waals surface area contributed by atoms with Crippen LogP contribution in [0.5, 0.6) is 11.6 Å². The smallest absolute Gasteiger partial charge is 0.306 e. The molecule has 8 heteroatoms. The van der Waals surface area contributed by atoms with Crippen molar-refractivity contribution in [3.8, 4) is 11.6 Å². The Balaban J connectivity index is 1.44. The zero-order valence-electron chi connectivity index (χ0n) is 24.6. The minimum absolute atomic E-state index is 0.00922. The van der Waals surface area contributed by atoms with Gasteiger partial charge in [-0.15, -0.1) is 0 Å². The van der Waals surface area contributed by atoms with Crippen molar-refractivity contribution >= 4 is 44.1 Å². The molecule has 2 aliphatic carbocycles. The molecule has 2 saturated carbocycles. The van der Waals surface area contributed by atoms with Crippen molar-refractivity contribution in [2.45, 2.75) is 109 Å². The van der Waals surface area contributed by atoms with Crippen LogP contribution in [0, 0.1) is 22.7 Å². The zero-order valence-corrected chi connectivity index (χ0v) is 26.2. The van der Waals surface area contributed by atoms with Gasteiger partial charge in [-0.05, 0) is 56.6 Å². The number of ether oxygens (including phenoxy) is 2. The Kier molecular flexibility index (Phi) is 8.51. The maximum atomic E-state index is 14.0. The molecule has 0 bridgehead atoms. The highest BCUT2D eigenvalue weighted by molar-refractivity contribution is 8.77. The molecule has 3 aliphatic rings. The first-order chi connectivity index (χ1) is 19.0. The topological polar surface area (TPSA) is 88.6 Å². The molecule has 6 unspecified atom stereocenters. The van der Waals surface area contributed by atoms with Crippen molar-refractivity contribution in [1.29, 1.82) is 0 Å². The highest BCUT2D eigenvalue weighted by Crippen LogP contribution is 2.63. The summed E-state index contributed by atoms with van der Waals surface area (Å²) in [6, 6.07) is 5.71. The number of aromatic amines is 1. The summed E-state index contributed by atoms with van der Waals surface area (Å²) >= 11 is 0. The number of unbranched alkanes of at least 4 members (excludes halogenated alkanes) is 1. The van der Waals surface area contributed by atoms with Crippen molar-refractivity contribution in [3.05, 3.63) is 24.4 Å². The van der Waals surface area contributed by atoms with E-state index in [1.807, 2.05) is 53.6 Å². The normalized spacial score (nSPS) is 33.6. The summed E-state index contributed by atoms with van der Waals surface area (Å²) < 4.78 is 13.3. The van der Waals surface area contributed by atoms with Crippen molar-refractivity contribution in [1.82, 2.24) is 4.98 Å². The predicted octanol–water partition coefficient (Wildman–Crippen LogP) is 8.08. The van der Waals surface area contributed by atoms with Crippen LogP contribution in [-0.2, 0) is 14.3 Å². The minimum Gasteiger partial charge on any atom is -0.494 e. The second-order valence-electron chi connectivity index (χ2n) is 13.0. The molecule has 5 rings (SSSR count). The number of carbonyl (C=O) groups excluding carboxylic acids is 2. The summed E-state index contributed by atoms with van der Waals surface area (Å²) in [6.07, 6.45) is 8.58. The maximum Gasteiger partial charge on any atom is 0.306 e. The molecule has 6 nitrogen and oxygen atoms in total. The van der Waals surface area contributed by atoms with E-state index in [1.54, 1.807) is 6.20 Å². The lowest BCUT2D eigenvalue weighted by Crippen LogP contribution is -2.71. The minimum atomic E-state index is -0.837. The molecule has 0 radical (unpaired) electrons. The van der Waals surface area contributed by atoms with E-state index in [2.05, 4.69) is 25.8 Å². The molecular weight excluding hydrogens is 542 g/mol. The van der Waals surface area contributed by atoms with Crippen LogP contribution in [0.1, 0.15) is 92.4 Å². The first kappa shape index (κ1) is 29.7. The molecule has 2 heterocycles. The van der Waals surface area contributed by atoms with E-state index in [1.165, 1.54) is 12.2 Å². The quantitative estimate of drug-likeness (QED) is 0.174. The monoisotopic (exact) mass is 587 g/mol. The fraction of sp³-hybridized carbons (Fsp3) is 0.688. The number of aromatic hydroxyl groups is 1. The molecule has 2 N–H and O–H groups in total. The summed E-state index contributed by atoms with van der Waals surface area (Å²) in [6.45, 7) is 10.8. The number of H-pyrrole nitrogens is 1. The largest absolute Gasteiger partial charge is 0.494 e. The maximum absolute atomic E-state index is 14.0. The zero-order chi connectivity index (χ0) is 28.7. The standard InChI is InChI=1S/C32H45NO5S2/c1-6-31(5)20(2)14-15-26-30(3,4)28(35)25(37-27(34)13-8-7-10-21-16-17-39-40-21)18-32(26,31)38-24-12-9-11-22-23(24)19-33-29(22)36/h9,11-12,19-21,25-26,33,36H,6-8,10,13-18H2,1-5H3. The second-order valence-corrected chi connectivity index (χ2v) is 15.8. The highest BCUT2D eigenvalue weighted by Gasteiger charge is 2.68. The number of hydrogen-bond donors (Lipinski definition) is 2. The Labute approximate surface area is 246 Å². The van der Waals surface area contributed by atoms with Crippen LogP contribution in [0.15, 0.2) is 24.4 Å². The van der Waals surface area contributed by atoms with Crippen LogP contribution in [0.2, 0.25) is 0 Å². The van der Waals surface area contributed by atoms with Gasteiger partial charge in [0, 0.05) is 57.6 Å². The van der Waals surface area contributed by atoms with Gasteiger partial charge in [0.25, 0.3) is 0 Å². The number of Topliss-reactive ketones (excluding diaryl/α,β-unsaturated/α-hetero) is 1. The van der Waals surface area contributed by atoms with Crippen LogP contribution in [-0.4, -0.2) is 44.6 Å². The van der Waals surface area contributed by atoms with Crippen LogP contribution in [0.4, 0.5) is 0 Å². The van der Waals surface area contributed by atoms with E-state index < -0.39 is 17.1 Å². The van der Waals surface area contributed by atoms with Gasteiger partial charge in [0.1, 0.15) is 11.4 Å². The SMILES string of the molecule is CCC1(C)C(C)CCC2C(C)(C)C(=O)C(OC(=O)CCCCC3CCSS3)CC21Oc1cccc2c(O)[nH]cc12. The van der Waals surface area contributed by atoms with Crippen LogP contribution in [0.25, 0.3) is 10.8 Å². The number of hydrogen-bond acceptors (Lipinski definition) is 7. The number of rotatable bonds is 9. The molecule has 40 heavy (non-hydrogen) atoms. The third-order valence-electron chi connectivity index (χ3n) is 10.7. The molecular formula is C32H45NO5S2. The highest BCUT2D eigenvalue weighted by atomic mass is 33.1. The summed E-state index contributed by atoms with van der Waals surface area (Å²) in [5.74, 6) is 2.07. The number of benzene rings is 1. The third kappa shape index (κ3) is 5.05. The Hall–Kier alpha value is -1.80. The van der Waals surface area contributed by atoms with Crippen LogP contribution >= 0.6 is 21.6 Å². The summed E-state index contributed by atoms with van der Waals surface area (Å²) in [5, 5.41) is 12.6. The van der Waals surface area contributed by atoms with E-state index in [4.69, 9.17) is 9.47 Å². The molecule has 1 aromatic carbocycles. The van der Waals surface area contributed by atoms with Gasteiger partial charge in [-0.3, -0.25) is 9.59 Å². The van der Waals surface area contributed by atoms with Crippen molar-refractivity contribution in [3.63, 3.8) is 0 Å². The van der Waals surface area contributed by atoms with Gasteiger partial charge in [-0.2, -0.15) is 0 Å². The lowest BCUT2D eigenvalue weighted by Gasteiger charge is -2.64. The van der Waals surface area contributed by atoms with E-state index >= 15 is 0 Å². The lowest BCUT2D eigenvalue weighted by atomic mass is 9.44. The van der Waals surface area contributed by atoms with Gasteiger partial charge in [0.15, 0.2) is 17.8 Å². The van der Waals surface area contributed by atoms with Gasteiger partial charge in [-0.25, -0.2) is 0 Å². The van der Waals surface area contributed by atoms with E-state index in [0.29, 0.717) is 35.1 Å². The summed E-state index contributed by atoms with van der Waals surface area (Å²) in [5.41, 5.74) is -1.69. The van der Waals surface area contributed by atoms with Gasteiger partial charge >= 0.3 is 5.97 Å². The first-order valence-corrected chi connectivity index (χ1v) is 17.4. The molecule has 1 saturated heterocycles. The number of esters is 1. The third-order valence-corrected chi connectivity index (χ3v) is 13.7. The molecule has 1 aromatic heterocycles. The summed E-state index contributed by atoms with van der Waals surface area (Å²) in [7, 11) is 3.91. The molecule has 0 spiro atoms. The average molecular weight is 588 g/mol. The Morgan fingerprint density at radius 1 is 1.15 bits per heavy atom. The van der Waals surface area contributed by atoms with E-state index in [-0.39, 0.29) is 29.0 Å². The molecule has 220 valence electrons. The van der Waals surface area contributed by atoms with E-state index in [9.17, 15) is 14.7 Å². The fourth-order valence-electron chi connectivity index (χ4n) is 7.86. The van der Waals surface area contributed by atoms with Crippen molar-refractivity contribution < 1.29 is 24.2 Å². The average Bonchev–Trinajstić information content (AvgIpc) is 3.58. The predicted molar refractivity (Wildman–Crippen MR) is 164 cm³/mol. The Bertz CT molecular complexity index is 1240. The Morgan fingerprint density at radius 3 is 2.67 bits per heavy atom. The fourth-order valence-corrected chi connectivity index (χ4v) is 10.9. The van der Waals surface area contributed by atoms with Crippen LogP contribution < -0.4 is 4.74 Å². The Morgan fingerprint density at radius 2 is 1.95 bits per heavy atom. The second kappa shape index (κ2) is 11.5. The summed E-state index contributed by atoms with van der Waals surface area (Å²) in [4.78, 5) is 30.0. The molecule has 2 aromatic rings. The van der Waals surface area contributed by atoms with E-state index in [0.717, 1.165) is 43.9 Å². The molecule has 6 atom stereocenters. The number of carbonyl (C=O) groups is 2. The molecule has 0 amide bonds. The van der Waals surface area contributed by atoms with Gasteiger partial charge in [0.05, 0.1) is 0 Å². The number of nitrogens with one attached hydrogen (secondary N) is 1. The molecule has 1 aliphatic heterocycles. The van der Waals surface area contributed by atoms with Crippen molar-refractivity contribution in [2.24, 2.45) is 22.7 Å². The number of aromatic nitrogens is 1. The number of ketones is 1. The number of fused-ring (bicyclic) bond motifs is 2. The van der Waals surface area contributed by atoms with Gasteiger partial charge in [-0.1, -0.05) is 68.7 Å². The lowest BCUT2D eigenvalue weighted by molar-refractivity contribution is -0.222.